The molecule has 1 fully saturated rings. The second kappa shape index (κ2) is 7.32. The standard InChI is InChI=1S/C15H31N/c1-5-12(3)13(4)16-11-15-9-7-14(6-2)8-10-15/h12-16H,5-11H2,1-4H3. The van der Waals surface area contributed by atoms with Gasteiger partial charge in [0.2, 0.25) is 0 Å². The van der Waals surface area contributed by atoms with Gasteiger partial charge in [0.05, 0.1) is 0 Å². The molecule has 16 heavy (non-hydrogen) atoms. The Kier molecular flexibility index (Phi) is 6.41. The van der Waals surface area contributed by atoms with E-state index in [4.69, 9.17) is 0 Å². The third-order valence-corrected chi connectivity index (χ3v) is 4.77. The van der Waals surface area contributed by atoms with Gasteiger partial charge in [0.1, 0.15) is 0 Å². The van der Waals surface area contributed by atoms with E-state index in [2.05, 4.69) is 33.0 Å². The van der Waals surface area contributed by atoms with Crippen molar-refractivity contribution in [3.05, 3.63) is 0 Å². The van der Waals surface area contributed by atoms with Gasteiger partial charge in [0.15, 0.2) is 0 Å². The van der Waals surface area contributed by atoms with Gasteiger partial charge >= 0.3 is 0 Å². The maximum atomic E-state index is 3.74. The van der Waals surface area contributed by atoms with Gasteiger partial charge in [0, 0.05) is 6.04 Å². The van der Waals surface area contributed by atoms with E-state index in [0.29, 0.717) is 6.04 Å². The molecule has 2 atom stereocenters. The molecule has 0 aromatic carbocycles. The van der Waals surface area contributed by atoms with Gasteiger partial charge in [0.25, 0.3) is 0 Å². The summed E-state index contributed by atoms with van der Waals surface area (Å²) in [5.41, 5.74) is 0. The smallest absolute Gasteiger partial charge is 0.00643 e. The van der Waals surface area contributed by atoms with Gasteiger partial charge in [-0.05, 0) is 44.1 Å². The fourth-order valence-electron chi connectivity index (χ4n) is 2.75. The molecule has 1 heteroatoms. The second-order valence-corrected chi connectivity index (χ2v) is 5.88. The lowest BCUT2D eigenvalue weighted by Gasteiger charge is -2.30. The molecule has 0 radical (unpaired) electrons. The van der Waals surface area contributed by atoms with Crippen LogP contribution in [0.15, 0.2) is 0 Å². The molecule has 1 saturated carbocycles. The molecule has 0 aromatic heterocycles. The highest BCUT2D eigenvalue weighted by Gasteiger charge is 2.20. The van der Waals surface area contributed by atoms with Crippen LogP contribution in [0.4, 0.5) is 0 Å². The predicted octanol–water partition coefficient (Wildman–Crippen LogP) is 4.23. The maximum absolute atomic E-state index is 3.74. The first-order valence-electron chi connectivity index (χ1n) is 7.40. The molecule has 2 unspecified atom stereocenters. The zero-order chi connectivity index (χ0) is 12.0. The minimum Gasteiger partial charge on any atom is -0.314 e. The highest BCUT2D eigenvalue weighted by molar-refractivity contribution is 4.75. The van der Waals surface area contributed by atoms with E-state index in [1.165, 1.54) is 45.1 Å². The molecule has 0 bridgehead atoms. The van der Waals surface area contributed by atoms with Crippen LogP contribution in [0.25, 0.3) is 0 Å². The van der Waals surface area contributed by atoms with Gasteiger partial charge in [-0.1, -0.05) is 46.5 Å². The van der Waals surface area contributed by atoms with Crippen LogP contribution < -0.4 is 5.32 Å². The number of nitrogens with one attached hydrogen (secondary N) is 1. The number of hydrogen-bond donors (Lipinski definition) is 1. The Balaban J connectivity index is 2.14. The van der Waals surface area contributed by atoms with E-state index in [1.807, 2.05) is 0 Å². The molecule has 1 aliphatic rings. The molecule has 0 saturated heterocycles. The Morgan fingerprint density at radius 1 is 1.00 bits per heavy atom. The Labute approximate surface area is 102 Å². The number of hydrogen-bond acceptors (Lipinski definition) is 1. The average Bonchev–Trinajstić information content (AvgIpc) is 2.35. The highest BCUT2D eigenvalue weighted by Crippen LogP contribution is 2.30. The van der Waals surface area contributed by atoms with Crippen LogP contribution in [0.5, 0.6) is 0 Å². The summed E-state index contributed by atoms with van der Waals surface area (Å²) < 4.78 is 0. The third-order valence-electron chi connectivity index (χ3n) is 4.77. The predicted molar refractivity (Wildman–Crippen MR) is 72.7 cm³/mol. The monoisotopic (exact) mass is 225 g/mol. The Morgan fingerprint density at radius 2 is 1.56 bits per heavy atom. The largest absolute Gasteiger partial charge is 0.314 e. The van der Waals surface area contributed by atoms with Crippen LogP contribution in [0, 0.1) is 17.8 Å². The Bertz CT molecular complexity index is 170. The first-order chi connectivity index (χ1) is 7.67. The Hall–Kier alpha value is -0.0400. The van der Waals surface area contributed by atoms with Gasteiger partial charge in [-0.15, -0.1) is 0 Å². The topological polar surface area (TPSA) is 12.0 Å². The van der Waals surface area contributed by atoms with Crippen molar-refractivity contribution in [2.45, 2.75) is 72.3 Å². The lowest BCUT2D eigenvalue weighted by molar-refractivity contribution is 0.249. The zero-order valence-corrected chi connectivity index (χ0v) is 11.8. The summed E-state index contributed by atoms with van der Waals surface area (Å²) in [5, 5.41) is 3.74. The van der Waals surface area contributed by atoms with Crippen LogP contribution in [0.1, 0.15) is 66.2 Å². The van der Waals surface area contributed by atoms with Crippen molar-refractivity contribution in [3.8, 4) is 0 Å². The van der Waals surface area contributed by atoms with Gasteiger partial charge in [-0.25, -0.2) is 0 Å². The second-order valence-electron chi connectivity index (χ2n) is 5.88. The molecular weight excluding hydrogens is 194 g/mol. The van der Waals surface area contributed by atoms with Crippen molar-refractivity contribution in [3.63, 3.8) is 0 Å². The van der Waals surface area contributed by atoms with Crippen LogP contribution in [0.3, 0.4) is 0 Å². The zero-order valence-electron chi connectivity index (χ0n) is 11.8. The normalized spacial score (nSPS) is 30.0. The maximum Gasteiger partial charge on any atom is 0.00643 e. The minimum absolute atomic E-state index is 0.689. The van der Waals surface area contributed by atoms with E-state index in [9.17, 15) is 0 Å². The lowest BCUT2D eigenvalue weighted by atomic mass is 9.80. The first kappa shape index (κ1) is 14.0. The summed E-state index contributed by atoms with van der Waals surface area (Å²) in [5.74, 6) is 2.80. The SMILES string of the molecule is CCC1CCC(CNC(C)C(C)CC)CC1. The van der Waals surface area contributed by atoms with Gasteiger partial charge in [-0.2, -0.15) is 0 Å². The van der Waals surface area contributed by atoms with Crippen molar-refractivity contribution in [2.24, 2.45) is 17.8 Å². The molecule has 0 spiro atoms. The molecule has 0 aliphatic heterocycles. The van der Waals surface area contributed by atoms with Crippen LogP contribution >= 0.6 is 0 Å². The molecule has 0 aromatic rings. The van der Waals surface area contributed by atoms with E-state index in [-0.39, 0.29) is 0 Å². The van der Waals surface area contributed by atoms with Crippen LogP contribution in [-0.2, 0) is 0 Å². The summed E-state index contributed by atoms with van der Waals surface area (Å²) >= 11 is 0. The Morgan fingerprint density at radius 3 is 2.06 bits per heavy atom. The minimum atomic E-state index is 0.689. The third kappa shape index (κ3) is 4.45. The van der Waals surface area contributed by atoms with Crippen molar-refractivity contribution in [1.82, 2.24) is 5.32 Å². The fourth-order valence-corrected chi connectivity index (χ4v) is 2.75. The fraction of sp³-hybridized carbons (Fsp3) is 1.00. The summed E-state index contributed by atoms with van der Waals surface area (Å²) in [6, 6.07) is 0.689. The summed E-state index contributed by atoms with van der Waals surface area (Å²) in [7, 11) is 0. The quantitative estimate of drug-likeness (QED) is 0.713. The summed E-state index contributed by atoms with van der Waals surface area (Å²) in [6.07, 6.45) is 8.54. The number of rotatable bonds is 6. The lowest BCUT2D eigenvalue weighted by Crippen LogP contribution is -2.36. The summed E-state index contributed by atoms with van der Waals surface area (Å²) in [4.78, 5) is 0. The molecule has 96 valence electrons. The molecule has 0 heterocycles. The molecule has 1 rings (SSSR count). The van der Waals surface area contributed by atoms with Crippen molar-refractivity contribution < 1.29 is 0 Å². The van der Waals surface area contributed by atoms with Crippen molar-refractivity contribution in [2.75, 3.05) is 6.54 Å². The average molecular weight is 225 g/mol. The van der Waals surface area contributed by atoms with Crippen LogP contribution in [0.2, 0.25) is 0 Å². The first-order valence-corrected chi connectivity index (χ1v) is 7.40. The molecule has 0 amide bonds. The molecule has 1 N–H and O–H groups in total. The van der Waals surface area contributed by atoms with Crippen molar-refractivity contribution in [1.29, 1.82) is 0 Å². The molecule has 1 nitrogen and oxygen atoms in total. The molecule has 1 aliphatic carbocycles. The summed E-state index contributed by atoms with van der Waals surface area (Å²) in [6.45, 7) is 10.6. The highest BCUT2D eigenvalue weighted by atomic mass is 14.9. The van der Waals surface area contributed by atoms with E-state index in [0.717, 1.165) is 17.8 Å². The van der Waals surface area contributed by atoms with E-state index < -0.39 is 0 Å². The van der Waals surface area contributed by atoms with Gasteiger partial charge in [-0.3, -0.25) is 0 Å². The van der Waals surface area contributed by atoms with Crippen molar-refractivity contribution >= 4 is 0 Å². The van der Waals surface area contributed by atoms with Gasteiger partial charge < -0.3 is 5.32 Å². The molecular formula is C15H31N. The van der Waals surface area contributed by atoms with E-state index >= 15 is 0 Å². The van der Waals surface area contributed by atoms with E-state index in [1.54, 1.807) is 0 Å². The van der Waals surface area contributed by atoms with Crippen LogP contribution in [-0.4, -0.2) is 12.6 Å².